The zero-order valence-corrected chi connectivity index (χ0v) is 9.43. The number of carboxylic acid groups (broad SMARTS) is 1. The Kier molecular flexibility index (Phi) is 4.17. The third kappa shape index (κ3) is 2.89. The van der Waals surface area contributed by atoms with Gasteiger partial charge in [-0.05, 0) is 30.5 Å². The first kappa shape index (κ1) is 12.4. The van der Waals surface area contributed by atoms with Crippen LogP contribution in [-0.4, -0.2) is 23.3 Å². The van der Waals surface area contributed by atoms with Crippen molar-refractivity contribution in [3.63, 3.8) is 0 Å². The molecule has 0 aromatic heterocycles. The monoisotopic (exact) mass is 224 g/mol. The number of carbonyl (C=O) groups is 1. The minimum Gasteiger partial charge on any atom is -0.504 e. The van der Waals surface area contributed by atoms with E-state index in [4.69, 9.17) is 9.84 Å². The zero-order valence-electron chi connectivity index (χ0n) is 9.43. The third-order valence-corrected chi connectivity index (χ3v) is 2.57. The first-order chi connectivity index (χ1) is 7.58. The molecule has 0 heterocycles. The lowest BCUT2D eigenvalue weighted by Crippen LogP contribution is -2.15. The highest BCUT2D eigenvalue weighted by molar-refractivity contribution is 5.70. The smallest absolute Gasteiger partial charge is 0.306 e. The number of phenolic OH excluding ortho intramolecular Hbond substituents is 1. The Labute approximate surface area is 94.5 Å². The zero-order chi connectivity index (χ0) is 12.1. The van der Waals surface area contributed by atoms with Crippen molar-refractivity contribution in [1.82, 2.24) is 0 Å². The number of rotatable bonds is 5. The van der Waals surface area contributed by atoms with Gasteiger partial charge < -0.3 is 14.9 Å². The summed E-state index contributed by atoms with van der Waals surface area (Å²) in [6, 6.07) is 4.95. The molecule has 16 heavy (non-hydrogen) atoms. The lowest BCUT2D eigenvalue weighted by molar-refractivity contribution is -0.141. The van der Waals surface area contributed by atoms with Gasteiger partial charge in [-0.3, -0.25) is 4.79 Å². The number of aliphatic carboxylic acids is 1. The highest BCUT2D eigenvalue weighted by Crippen LogP contribution is 2.27. The van der Waals surface area contributed by atoms with Crippen LogP contribution < -0.4 is 4.74 Å². The Bertz CT molecular complexity index is 373. The SMILES string of the molecule is CCC(Cc1ccc(OC)c(O)c1)C(=O)O. The summed E-state index contributed by atoms with van der Waals surface area (Å²) < 4.78 is 4.91. The number of aromatic hydroxyl groups is 1. The van der Waals surface area contributed by atoms with E-state index in [-0.39, 0.29) is 5.75 Å². The summed E-state index contributed by atoms with van der Waals surface area (Å²) in [6.45, 7) is 1.84. The predicted molar refractivity (Wildman–Crippen MR) is 59.8 cm³/mol. The molecule has 1 unspecified atom stereocenters. The fourth-order valence-corrected chi connectivity index (χ4v) is 1.55. The molecule has 0 amide bonds. The minimum atomic E-state index is -0.808. The van der Waals surface area contributed by atoms with Crippen LogP contribution in [0, 0.1) is 5.92 Å². The highest BCUT2D eigenvalue weighted by Gasteiger charge is 2.16. The van der Waals surface area contributed by atoms with E-state index in [1.807, 2.05) is 6.92 Å². The summed E-state index contributed by atoms with van der Waals surface area (Å²) in [7, 11) is 1.47. The number of hydrogen-bond donors (Lipinski definition) is 2. The lowest BCUT2D eigenvalue weighted by atomic mass is 9.97. The number of methoxy groups -OCH3 is 1. The van der Waals surface area contributed by atoms with Crippen molar-refractivity contribution in [3.8, 4) is 11.5 Å². The molecule has 4 heteroatoms. The molecule has 4 nitrogen and oxygen atoms in total. The van der Waals surface area contributed by atoms with Crippen LogP contribution in [0.15, 0.2) is 18.2 Å². The first-order valence-corrected chi connectivity index (χ1v) is 5.17. The Balaban J connectivity index is 2.81. The average Bonchev–Trinajstić information content (AvgIpc) is 2.25. The Hall–Kier alpha value is -1.71. The fourth-order valence-electron chi connectivity index (χ4n) is 1.55. The number of ether oxygens (including phenoxy) is 1. The fraction of sp³-hybridized carbons (Fsp3) is 0.417. The molecular weight excluding hydrogens is 208 g/mol. The molecule has 0 aliphatic carbocycles. The molecule has 0 aliphatic rings. The maximum atomic E-state index is 10.9. The van der Waals surface area contributed by atoms with Crippen molar-refractivity contribution in [2.24, 2.45) is 5.92 Å². The first-order valence-electron chi connectivity index (χ1n) is 5.17. The van der Waals surface area contributed by atoms with E-state index in [0.29, 0.717) is 18.6 Å². The molecule has 1 aromatic carbocycles. The lowest BCUT2D eigenvalue weighted by Gasteiger charge is -2.11. The quantitative estimate of drug-likeness (QED) is 0.803. The standard InChI is InChI=1S/C12H16O4/c1-3-9(12(14)15)6-8-4-5-11(16-2)10(13)7-8/h4-5,7,9,13H,3,6H2,1-2H3,(H,14,15). The Morgan fingerprint density at radius 3 is 2.62 bits per heavy atom. The van der Waals surface area contributed by atoms with Crippen LogP contribution in [0.5, 0.6) is 11.5 Å². The highest BCUT2D eigenvalue weighted by atomic mass is 16.5. The molecule has 0 spiro atoms. The summed E-state index contributed by atoms with van der Waals surface area (Å²) in [5, 5.41) is 18.5. The van der Waals surface area contributed by atoms with Crippen LogP contribution in [0.2, 0.25) is 0 Å². The second-order valence-corrected chi connectivity index (χ2v) is 3.65. The molecule has 88 valence electrons. The van der Waals surface area contributed by atoms with Gasteiger partial charge in [0.25, 0.3) is 0 Å². The van der Waals surface area contributed by atoms with Crippen LogP contribution in [0.1, 0.15) is 18.9 Å². The van der Waals surface area contributed by atoms with Crippen LogP contribution in [-0.2, 0) is 11.2 Å². The maximum absolute atomic E-state index is 10.9. The molecule has 0 fully saturated rings. The third-order valence-electron chi connectivity index (χ3n) is 2.57. The maximum Gasteiger partial charge on any atom is 0.306 e. The van der Waals surface area contributed by atoms with Gasteiger partial charge in [0.2, 0.25) is 0 Å². The molecular formula is C12H16O4. The molecule has 1 aromatic rings. The number of benzene rings is 1. The van der Waals surface area contributed by atoms with Crippen LogP contribution in [0.4, 0.5) is 0 Å². The summed E-state index contributed by atoms with van der Waals surface area (Å²) in [6.07, 6.45) is 0.992. The van der Waals surface area contributed by atoms with Gasteiger partial charge in [-0.1, -0.05) is 13.0 Å². The van der Waals surface area contributed by atoms with Gasteiger partial charge >= 0.3 is 5.97 Å². The molecule has 1 rings (SSSR count). The number of carboxylic acids is 1. The van der Waals surface area contributed by atoms with E-state index < -0.39 is 11.9 Å². The predicted octanol–water partition coefficient (Wildman–Crippen LogP) is 2.05. The summed E-state index contributed by atoms with van der Waals surface area (Å²) in [4.78, 5) is 10.9. The number of hydrogen-bond acceptors (Lipinski definition) is 3. The van der Waals surface area contributed by atoms with Gasteiger partial charge in [-0.2, -0.15) is 0 Å². The number of phenols is 1. The van der Waals surface area contributed by atoms with Gasteiger partial charge in [0.05, 0.1) is 13.0 Å². The molecule has 0 saturated carbocycles. The summed E-state index contributed by atoms with van der Waals surface area (Å²) in [5.41, 5.74) is 0.799. The summed E-state index contributed by atoms with van der Waals surface area (Å²) in [5.74, 6) is -0.780. The van der Waals surface area contributed by atoms with Crippen LogP contribution >= 0.6 is 0 Å². The second kappa shape index (κ2) is 5.39. The van der Waals surface area contributed by atoms with E-state index in [2.05, 4.69) is 0 Å². The van der Waals surface area contributed by atoms with Crippen molar-refractivity contribution in [2.75, 3.05) is 7.11 Å². The van der Waals surface area contributed by atoms with E-state index >= 15 is 0 Å². The Morgan fingerprint density at radius 2 is 2.19 bits per heavy atom. The van der Waals surface area contributed by atoms with Crippen LogP contribution in [0.25, 0.3) is 0 Å². The van der Waals surface area contributed by atoms with E-state index in [9.17, 15) is 9.90 Å². The van der Waals surface area contributed by atoms with Crippen LogP contribution in [0.3, 0.4) is 0 Å². The van der Waals surface area contributed by atoms with E-state index in [1.165, 1.54) is 7.11 Å². The largest absolute Gasteiger partial charge is 0.504 e. The summed E-state index contributed by atoms with van der Waals surface area (Å²) >= 11 is 0. The van der Waals surface area contributed by atoms with Gasteiger partial charge in [-0.15, -0.1) is 0 Å². The van der Waals surface area contributed by atoms with Gasteiger partial charge in [-0.25, -0.2) is 0 Å². The van der Waals surface area contributed by atoms with Crippen molar-refractivity contribution >= 4 is 5.97 Å². The van der Waals surface area contributed by atoms with Gasteiger partial charge in [0.15, 0.2) is 11.5 Å². The van der Waals surface area contributed by atoms with Gasteiger partial charge in [0, 0.05) is 0 Å². The molecule has 0 radical (unpaired) electrons. The van der Waals surface area contributed by atoms with Crippen molar-refractivity contribution in [1.29, 1.82) is 0 Å². The molecule has 0 aliphatic heterocycles. The van der Waals surface area contributed by atoms with Crippen molar-refractivity contribution in [3.05, 3.63) is 23.8 Å². The Morgan fingerprint density at radius 1 is 1.50 bits per heavy atom. The van der Waals surface area contributed by atoms with E-state index in [0.717, 1.165) is 5.56 Å². The second-order valence-electron chi connectivity index (χ2n) is 3.65. The molecule has 2 N–H and O–H groups in total. The molecule has 1 atom stereocenters. The van der Waals surface area contributed by atoms with E-state index in [1.54, 1.807) is 18.2 Å². The molecule has 0 saturated heterocycles. The van der Waals surface area contributed by atoms with Crippen molar-refractivity contribution < 1.29 is 19.7 Å². The van der Waals surface area contributed by atoms with Crippen molar-refractivity contribution in [2.45, 2.75) is 19.8 Å². The minimum absolute atomic E-state index is 0.0419. The normalized spacial score (nSPS) is 12.1. The van der Waals surface area contributed by atoms with Gasteiger partial charge in [0.1, 0.15) is 0 Å². The molecule has 0 bridgehead atoms. The average molecular weight is 224 g/mol. The topological polar surface area (TPSA) is 66.8 Å².